The van der Waals surface area contributed by atoms with Gasteiger partial charge in [0.1, 0.15) is 5.78 Å². The largest absolute Gasteiger partial charge is 0.299 e. The zero-order valence-electron chi connectivity index (χ0n) is 12.9. The molecule has 3 aromatic rings. The van der Waals surface area contributed by atoms with Gasteiger partial charge in [-0.3, -0.25) is 9.78 Å². The van der Waals surface area contributed by atoms with E-state index in [-0.39, 0.29) is 5.78 Å². The number of carbonyl (C=O) groups excluding carboxylic acids is 1. The minimum Gasteiger partial charge on any atom is -0.299 e. The number of benzene rings is 1. The molecule has 2 aromatic heterocycles. The maximum atomic E-state index is 12.0. The van der Waals surface area contributed by atoms with Gasteiger partial charge in [-0.15, -0.1) is 0 Å². The first-order valence-electron chi connectivity index (χ1n) is 7.81. The lowest BCUT2D eigenvalue weighted by Crippen LogP contribution is -2.03. The van der Waals surface area contributed by atoms with Gasteiger partial charge >= 0.3 is 0 Å². The Balaban J connectivity index is 1.51. The first kappa shape index (κ1) is 15.2. The second kappa shape index (κ2) is 7.49. The summed E-state index contributed by atoms with van der Waals surface area (Å²) in [7, 11) is 0. The van der Waals surface area contributed by atoms with Crippen LogP contribution in [0.3, 0.4) is 0 Å². The van der Waals surface area contributed by atoms with E-state index < -0.39 is 0 Å². The topological polar surface area (TPSA) is 47.8 Å². The van der Waals surface area contributed by atoms with Gasteiger partial charge in [0.25, 0.3) is 0 Å². The number of aryl methyl sites for hydroxylation is 1. The van der Waals surface area contributed by atoms with Gasteiger partial charge in [-0.2, -0.15) is 5.10 Å². The normalized spacial score (nSPS) is 10.6. The van der Waals surface area contributed by atoms with Crippen molar-refractivity contribution in [2.45, 2.75) is 25.7 Å². The Bertz CT molecular complexity index is 751. The molecule has 0 fully saturated rings. The third kappa shape index (κ3) is 4.36. The molecular weight excluding hydrogens is 286 g/mol. The third-order valence-corrected chi connectivity index (χ3v) is 3.72. The van der Waals surface area contributed by atoms with Crippen LogP contribution in [0.2, 0.25) is 0 Å². The van der Waals surface area contributed by atoms with Crippen molar-refractivity contribution in [3.05, 3.63) is 78.4 Å². The number of Topliss-reactive ketones (excluding diaryl/α,β-unsaturated/α-hetero) is 1. The van der Waals surface area contributed by atoms with Crippen molar-refractivity contribution in [1.82, 2.24) is 14.8 Å². The first-order valence-corrected chi connectivity index (χ1v) is 7.81. The summed E-state index contributed by atoms with van der Waals surface area (Å²) in [6, 6.07) is 14.0. The Morgan fingerprint density at radius 1 is 1.04 bits per heavy atom. The van der Waals surface area contributed by atoms with E-state index in [1.165, 1.54) is 5.56 Å². The van der Waals surface area contributed by atoms with Crippen molar-refractivity contribution in [2.24, 2.45) is 0 Å². The molecule has 0 radical (unpaired) electrons. The average Bonchev–Trinajstić information content (AvgIpc) is 3.11. The molecule has 23 heavy (non-hydrogen) atoms. The van der Waals surface area contributed by atoms with E-state index in [1.807, 2.05) is 41.2 Å². The minimum atomic E-state index is 0.265. The van der Waals surface area contributed by atoms with Crippen molar-refractivity contribution in [1.29, 1.82) is 0 Å². The van der Waals surface area contributed by atoms with Crippen molar-refractivity contribution in [3.63, 3.8) is 0 Å². The van der Waals surface area contributed by atoms with Crippen LogP contribution in [-0.4, -0.2) is 20.5 Å². The molecule has 4 heteroatoms. The summed E-state index contributed by atoms with van der Waals surface area (Å²) in [5.74, 6) is 0.265. The summed E-state index contributed by atoms with van der Waals surface area (Å²) in [6.45, 7) is 0. The lowest BCUT2D eigenvalue weighted by atomic mass is 10.0. The number of rotatable bonds is 7. The smallest absolute Gasteiger partial charge is 0.137 e. The molecule has 0 spiro atoms. The molecule has 0 amide bonds. The van der Waals surface area contributed by atoms with Crippen molar-refractivity contribution in [3.8, 4) is 5.69 Å². The van der Waals surface area contributed by atoms with E-state index in [9.17, 15) is 4.79 Å². The fourth-order valence-electron chi connectivity index (χ4n) is 2.58. The zero-order chi connectivity index (χ0) is 15.9. The number of hydrogen-bond acceptors (Lipinski definition) is 3. The Morgan fingerprint density at radius 2 is 1.96 bits per heavy atom. The summed E-state index contributed by atoms with van der Waals surface area (Å²) in [5.41, 5.74) is 3.26. The fraction of sp³-hybridized carbons (Fsp3) is 0.211. The van der Waals surface area contributed by atoms with E-state index in [4.69, 9.17) is 0 Å². The quantitative estimate of drug-likeness (QED) is 0.672. The predicted octanol–water partition coefficient (Wildman–Crippen LogP) is 3.40. The van der Waals surface area contributed by atoms with E-state index in [1.54, 1.807) is 18.6 Å². The molecule has 0 aliphatic rings. The molecule has 4 nitrogen and oxygen atoms in total. The lowest BCUT2D eigenvalue weighted by Gasteiger charge is -2.06. The summed E-state index contributed by atoms with van der Waals surface area (Å²) in [6.07, 6.45) is 10.0. The molecule has 0 aliphatic carbocycles. The Morgan fingerprint density at radius 3 is 2.74 bits per heavy atom. The van der Waals surface area contributed by atoms with Crippen LogP contribution in [0.15, 0.2) is 67.3 Å². The highest BCUT2D eigenvalue weighted by molar-refractivity contribution is 5.80. The zero-order valence-corrected chi connectivity index (χ0v) is 12.9. The number of nitrogens with zero attached hydrogens (tertiary/aromatic N) is 3. The summed E-state index contributed by atoms with van der Waals surface area (Å²) in [5, 5.41) is 4.24. The summed E-state index contributed by atoms with van der Waals surface area (Å²) in [4.78, 5) is 16.1. The number of hydrogen-bond donors (Lipinski definition) is 0. The number of pyridine rings is 1. The minimum absolute atomic E-state index is 0.265. The molecule has 2 heterocycles. The van der Waals surface area contributed by atoms with Crippen molar-refractivity contribution in [2.75, 3.05) is 0 Å². The predicted molar refractivity (Wildman–Crippen MR) is 89.5 cm³/mol. The van der Waals surface area contributed by atoms with E-state index in [2.05, 4.69) is 22.2 Å². The van der Waals surface area contributed by atoms with Gasteiger partial charge in [-0.05, 0) is 48.2 Å². The van der Waals surface area contributed by atoms with Gasteiger partial charge in [-0.1, -0.05) is 18.2 Å². The second-order valence-electron chi connectivity index (χ2n) is 5.55. The molecule has 0 unspecified atom stereocenters. The standard InChI is InChI=1S/C19H19N3O/c23-19(14-17-7-3-10-20-15-17)9-2-6-16-5-1-8-18(13-16)22-12-4-11-21-22/h1,3-5,7-8,10-13,15H,2,6,9,14H2. The van der Waals surface area contributed by atoms with Crippen LogP contribution in [0.25, 0.3) is 5.69 Å². The van der Waals surface area contributed by atoms with Gasteiger partial charge < -0.3 is 0 Å². The van der Waals surface area contributed by atoms with E-state index in [0.717, 1.165) is 24.1 Å². The van der Waals surface area contributed by atoms with Gasteiger partial charge in [-0.25, -0.2) is 4.68 Å². The SMILES string of the molecule is O=C(CCCc1cccc(-n2cccn2)c1)Cc1cccnc1. The molecular formula is C19H19N3O. The molecule has 0 saturated heterocycles. The molecule has 0 atom stereocenters. The maximum absolute atomic E-state index is 12.0. The molecule has 0 bridgehead atoms. The first-order chi connectivity index (χ1) is 11.3. The lowest BCUT2D eigenvalue weighted by molar-refractivity contribution is -0.118. The molecule has 3 rings (SSSR count). The van der Waals surface area contributed by atoms with E-state index in [0.29, 0.717) is 12.8 Å². The van der Waals surface area contributed by atoms with Crippen LogP contribution in [0.5, 0.6) is 0 Å². The van der Waals surface area contributed by atoms with Crippen molar-refractivity contribution < 1.29 is 4.79 Å². The van der Waals surface area contributed by atoms with Crippen LogP contribution in [0, 0.1) is 0 Å². The van der Waals surface area contributed by atoms with Crippen LogP contribution in [0.1, 0.15) is 24.0 Å². The number of carbonyl (C=O) groups is 1. The number of ketones is 1. The highest BCUT2D eigenvalue weighted by Gasteiger charge is 2.05. The highest BCUT2D eigenvalue weighted by Crippen LogP contribution is 2.12. The molecule has 1 aromatic carbocycles. The molecule has 0 saturated carbocycles. The van der Waals surface area contributed by atoms with Crippen LogP contribution in [-0.2, 0) is 17.6 Å². The van der Waals surface area contributed by atoms with Crippen LogP contribution < -0.4 is 0 Å². The van der Waals surface area contributed by atoms with Gasteiger partial charge in [0.15, 0.2) is 0 Å². The maximum Gasteiger partial charge on any atom is 0.137 e. The summed E-state index contributed by atoms with van der Waals surface area (Å²) >= 11 is 0. The Hall–Kier alpha value is -2.75. The van der Waals surface area contributed by atoms with Gasteiger partial charge in [0, 0.05) is 37.6 Å². The highest BCUT2D eigenvalue weighted by atomic mass is 16.1. The number of aromatic nitrogens is 3. The van der Waals surface area contributed by atoms with Crippen LogP contribution in [0.4, 0.5) is 0 Å². The summed E-state index contributed by atoms with van der Waals surface area (Å²) < 4.78 is 1.84. The van der Waals surface area contributed by atoms with Crippen LogP contribution >= 0.6 is 0 Å². The molecule has 0 aliphatic heterocycles. The van der Waals surface area contributed by atoms with E-state index >= 15 is 0 Å². The molecule has 116 valence electrons. The van der Waals surface area contributed by atoms with Gasteiger partial charge in [0.05, 0.1) is 5.69 Å². The fourth-order valence-corrected chi connectivity index (χ4v) is 2.58. The van der Waals surface area contributed by atoms with Gasteiger partial charge in [0.2, 0.25) is 0 Å². The van der Waals surface area contributed by atoms with Crippen molar-refractivity contribution >= 4 is 5.78 Å². The monoisotopic (exact) mass is 305 g/mol. The molecule has 0 N–H and O–H groups in total. The Labute approximate surface area is 135 Å². The second-order valence-corrected chi connectivity index (χ2v) is 5.55. The third-order valence-electron chi connectivity index (χ3n) is 3.72. The average molecular weight is 305 g/mol. The Kier molecular flexibility index (Phi) is 4.94.